The number of nitrogens with one attached hydrogen (secondary N) is 1. The van der Waals surface area contributed by atoms with Crippen LogP contribution in [0.2, 0.25) is 0 Å². The van der Waals surface area contributed by atoms with E-state index >= 15 is 0 Å². The molecule has 0 fully saturated rings. The van der Waals surface area contributed by atoms with Crippen molar-refractivity contribution in [1.82, 2.24) is 10.6 Å². The van der Waals surface area contributed by atoms with Gasteiger partial charge in [-0.3, -0.25) is 0 Å². The summed E-state index contributed by atoms with van der Waals surface area (Å²) in [4.78, 5) is 10.7. The molecule has 0 rings (SSSR count). The molecule has 1 N–H and O–H groups in total. The first-order chi connectivity index (χ1) is 4.66. The number of urea groups is 1. The predicted molar refractivity (Wildman–Crippen MR) is 41.0 cm³/mol. The molecule has 0 aromatic rings. The molecule has 0 aliphatic heterocycles. The zero-order valence-corrected chi connectivity index (χ0v) is 6.85. The van der Waals surface area contributed by atoms with Crippen molar-refractivity contribution in [3.05, 3.63) is 0 Å². The summed E-state index contributed by atoms with van der Waals surface area (Å²) < 4.78 is 0. The highest BCUT2D eigenvalue weighted by atomic mass is 16.2. The van der Waals surface area contributed by atoms with E-state index < -0.39 is 0 Å². The van der Waals surface area contributed by atoms with Gasteiger partial charge in [0.15, 0.2) is 0 Å². The fourth-order valence-electron chi connectivity index (χ4n) is 0.512. The van der Waals surface area contributed by atoms with Crippen LogP contribution in [-0.2, 0) is 0 Å². The lowest BCUT2D eigenvalue weighted by Crippen LogP contribution is -2.34. The van der Waals surface area contributed by atoms with Gasteiger partial charge in [-0.05, 0) is 20.3 Å². The van der Waals surface area contributed by atoms with Crippen molar-refractivity contribution in [3.8, 4) is 0 Å². The van der Waals surface area contributed by atoms with Gasteiger partial charge in [-0.15, -0.1) is 0 Å². The van der Waals surface area contributed by atoms with Gasteiger partial charge in [0.25, 0.3) is 0 Å². The Morgan fingerprint density at radius 1 is 1.60 bits per heavy atom. The highest BCUT2D eigenvalue weighted by molar-refractivity contribution is 5.73. The third-order valence-corrected chi connectivity index (χ3v) is 0.902. The van der Waals surface area contributed by atoms with Crippen LogP contribution in [0.25, 0.3) is 0 Å². The Morgan fingerprint density at radius 3 is 2.60 bits per heavy atom. The zero-order valence-electron chi connectivity index (χ0n) is 6.85. The first kappa shape index (κ1) is 9.27. The van der Waals surface area contributed by atoms with Crippen LogP contribution in [-0.4, -0.2) is 18.6 Å². The Morgan fingerprint density at radius 2 is 2.20 bits per heavy atom. The number of carbonyl (C=O) groups is 1. The summed E-state index contributed by atoms with van der Waals surface area (Å²) >= 11 is 0. The van der Waals surface area contributed by atoms with E-state index in [0.717, 1.165) is 13.0 Å². The Hall–Kier alpha value is -0.730. The number of amides is 2. The van der Waals surface area contributed by atoms with Crippen molar-refractivity contribution in [2.24, 2.45) is 0 Å². The van der Waals surface area contributed by atoms with Crippen molar-refractivity contribution in [2.75, 3.05) is 6.54 Å². The molecule has 0 aliphatic carbocycles. The van der Waals surface area contributed by atoms with Gasteiger partial charge in [0.05, 0.1) is 0 Å². The maximum atomic E-state index is 10.7. The lowest BCUT2D eigenvalue weighted by Gasteiger charge is -2.05. The first-order valence-corrected chi connectivity index (χ1v) is 3.65. The molecule has 0 saturated heterocycles. The molecule has 0 spiro atoms. The normalized spacial score (nSPS) is 9.60. The topological polar surface area (TPSA) is 43.2 Å². The molecule has 3 nitrogen and oxygen atoms in total. The lowest BCUT2D eigenvalue weighted by atomic mass is 10.4. The fraction of sp³-hybridized carbons (Fsp3) is 0.857. The van der Waals surface area contributed by atoms with E-state index in [9.17, 15) is 4.79 Å². The van der Waals surface area contributed by atoms with Crippen LogP contribution in [0.1, 0.15) is 27.2 Å². The molecule has 0 aromatic carbocycles. The largest absolute Gasteiger partial charge is 0.337 e. The second-order valence-corrected chi connectivity index (χ2v) is 2.45. The van der Waals surface area contributed by atoms with Gasteiger partial charge in [0.2, 0.25) is 0 Å². The third kappa shape index (κ3) is 5.41. The van der Waals surface area contributed by atoms with Gasteiger partial charge in [0, 0.05) is 12.6 Å². The number of rotatable bonds is 3. The van der Waals surface area contributed by atoms with Gasteiger partial charge in [-0.25, -0.2) is 10.1 Å². The number of carbonyl (C=O) groups excluding carboxylic acids is 1. The minimum absolute atomic E-state index is 0.0943. The first-order valence-electron chi connectivity index (χ1n) is 3.65. The van der Waals surface area contributed by atoms with Crippen molar-refractivity contribution < 1.29 is 4.79 Å². The molecule has 59 valence electrons. The van der Waals surface area contributed by atoms with Crippen LogP contribution in [0.4, 0.5) is 4.79 Å². The van der Waals surface area contributed by atoms with Gasteiger partial charge in [-0.2, -0.15) is 0 Å². The Balaban J connectivity index is 3.26. The molecule has 3 heteroatoms. The molecule has 0 aliphatic rings. The molecule has 1 radical (unpaired) electrons. The van der Waals surface area contributed by atoms with E-state index in [1.807, 2.05) is 20.8 Å². The van der Waals surface area contributed by atoms with Crippen LogP contribution in [0.3, 0.4) is 0 Å². The highest BCUT2D eigenvalue weighted by Gasteiger charge is 2.01. The smallest absolute Gasteiger partial charge is 0.336 e. The number of hydrogen-bond donors (Lipinski definition) is 1. The predicted octanol–water partition coefficient (Wildman–Crippen LogP) is 1.12. The molecule has 10 heavy (non-hydrogen) atoms. The van der Waals surface area contributed by atoms with Crippen LogP contribution < -0.4 is 10.6 Å². The van der Waals surface area contributed by atoms with E-state index in [1.54, 1.807) is 0 Å². The quantitative estimate of drug-likeness (QED) is 0.632. The molecular formula is C7H15N2O. The summed E-state index contributed by atoms with van der Waals surface area (Å²) in [6.45, 7) is 6.49. The van der Waals surface area contributed by atoms with E-state index in [-0.39, 0.29) is 12.1 Å². The SMILES string of the molecule is CCCNC(=O)[N]C(C)C. The van der Waals surface area contributed by atoms with Crippen LogP contribution in [0.15, 0.2) is 0 Å². The second kappa shape index (κ2) is 5.09. The highest BCUT2D eigenvalue weighted by Crippen LogP contribution is 1.79. The van der Waals surface area contributed by atoms with Crippen molar-refractivity contribution >= 4 is 6.03 Å². The van der Waals surface area contributed by atoms with E-state index in [1.165, 1.54) is 0 Å². The van der Waals surface area contributed by atoms with Gasteiger partial charge in [-0.1, -0.05) is 6.92 Å². The van der Waals surface area contributed by atoms with Crippen molar-refractivity contribution in [3.63, 3.8) is 0 Å². The summed E-state index contributed by atoms with van der Waals surface area (Å²) in [5.41, 5.74) is 0. The monoisotopic (exact) mass is 143 g/mol. The zero-order chi connectivity index (χ0) is 7.98. The summed E-state index contributed by atoms with van der Waals surface area (Å²) in [5.74, 6) is 0. The summed E-state index contributed by atoms with van der Waals surface area (Å²) in [6.07, 6.45) is 0.958. The van der Waals surface area contributed by atoms with Gasteiger partial charge >= 0.3 is 6.03 Å². The van der Waals surface area contributed by atoms with E-state index in [2.05, 4.69) is 10.6 Å². The fourth-order valence-corrected chi connectivity index (χ4v) is 0.512. The second-order valence-electron chi connectivity index (χ2n) is 2.45. The van der Waals surface area contributed by atoms with Crippen molar-refractivity contribution in [2.45, 2.75) is 33.2 Å². The maximum Gasteiger partial charge on any atom is 0.336 e. The average Bonchev–Trinajstić information content (AvgIpc) is 1.82. The van der Waals surface area contributed by atoms with Crippen LogP contribution in [0.5, 0.6) is 0 Å². The minimum atomic E-state index is -0.197. The van der Waals surface area contributed by atoms with Gasteiger partial charge in [0.1, 0.15) is 0 Å². The van der Waals surface area contributed by atoms with E-state index in [0.29, 0.717) is 0 Å². The summed E-state index contributed by atoms with van der Waals surface area (Å²) in [5, 5.41) is 6.42. The van der Waals surface area contributed by atoms with Crippen LogP contribution in [0, 0.1) is 0 Å². The third-order valence-electron chi connectivity index (χ3n) is 0.902. The van der Waals surface area contributed by atoms with E-state index in [4.69, 9.17) is 0 Å². The standard InChI is InChI=1S/C7H15N2O/c1-4-5-8-7(10)9-6(2)3/h6H,4-5H2,1-3H3,(H,8,10). The molecule has 0 aromatic heterocycles. The summed E-state index contributed by atoms with van der Waals surface area (Å²) in [7, 11) is 0. The molecule has 0 saturated carbocycles. The average molecular weight is 143 g/mol. The van der Waals surface area contributed by atoms with Crippen molar-refractivity contribution in [1.29, 1.82) is 0 Å². The molecule has 0 atom stereocenters. The molecule has 0 heterocycles. The Labute approximate surface area is 62.2 Å². The molecular weight excluding hydrogens is 128 g/mol. The number of hydrogen-bond acceptors (Lipinski definition) is 1. The Bertz CT molecular complexity index is 102. The molecule has 2 amide bonds. The maximum absolute atomic E-state index is 10.7. The lowest BCUT2D eigenvalue weighted by molar-refractivity contribution is 0.237. The minimum Gasteiger partial charge on any atom is -0.337 e. The Kier molecular flexibility index (Phi) is 4.72. The number of nitrogens with zero attached hydrogens (tertiary/aromatic N) is 1. The summed E-state index contributed by atoms with van der Waals surface area (Å²) in [6, 6.07) is -0.103. The van der Waals surface area contributed by atoms with Crippen LogP contribution >= 0.6 is 0 Å². The molecule has 0 unspecified atom stereocenters. The molecule has 0 bridgehead atoms. The van der Waals surface area contributed by atoms with Gasteiger partial charge < -0.3 is 5.32 Å².